The van der Waals surface area contributed by atoms with E-state index in [9.17, 15) is 0 Å². The van der Waals surface area contributed by atoms with Gasteiger partial charge in [-0.3, -0.25) is 0 Å². The molecule has 1 heterocycles. The van der Waals surface area contributed by atoms with Crippen molar-refractivity contribution in [2.75, 3.05) is 32.9 Å². The molecule has 0 radical (unpaired) electrons. The van der Waals surface area contributed by atoms with Crippen LogP contribution in [0.5, 0.6) is 0 Å². The van der Waals surface area contributed by atoms with E-state index in [2.05, 4.69) is 5.32 Å². The fourth-order valence-electron chi connectivity index (χ4n) is 2.84. The van der Waals surface area contributed by atoms with Crippen LogP contribution in [0.15, 0.2) is 0 Å². The van der Waals surface area contributed by atoms with Crippen LogP contribution >= 0.6 is 0 Å². The van der Waals surface area contributed by atoms with Crippen LogP contribution in [0, 0.1) is 5.92 Å². The van der Waals surface area contributed by atoms with Gasteiger partial charge in [0.05, 0.1) is 12.7 Å². The largest absolute Gasteiger partial charge is 0.381 e. The molecule has 0 amide bonds. The molecule has 0 atom stereocenters. The average molecular weight is 241 g/mol. The highest BCUT2D eigenvalue weighted by Gasteiger charge is 2.14. The summed E-state index contributed by atoms with van der Waals surface area (Å²) in [6.45, 7) is 4.81. The van der Waals surface area contributed by atoms with E-state index < -0.39 is 0 Å². The fraction of sp³-hybridized carbons (Fsp3) is 1.00. The van der Waals surface area contributed by atoms with Gasteiger partial charge < -0.3 is 14.8 Å². The lowest BCUT2D eigenvalue weighted by Gasteiger charge is -2.24. The van der Waals surface area contributed by atoms with Gasteiger partial charge in [-0.25, -0.2) is 0 Å². The normalized spacial score (nSPS) is 24.0. The van der Waals surface area contributed by atoms with Gasteiger partial charge in [0.1, 0.15) is 0 Å². The zero-order valence-corrected chi connectivity index (χ0v) is 11.0. The Bertz CT molecular complexity index is 167. The Balaban J connectivity index is 1.42. The summed E-state index contributed by atoms with van der Waals surface area (Å²) in [6, 6.07) is 0. The van der Waals surface area contributed by atoms with Gasteiger partial charge in [0.25, 0.3) is 0 Å². The van der Waals surface area contributed by atoms with Crippen molar-refractivity contribution >= 4 is 0 Å². The molecule has 2 rings (SSSR count). The van der Waals surface area contributed by atoms with Gasteiger partial charge in [0, 0.05) is 19.8 Å². The summed E-state index contributed by atoms with van der Waals surface area (Å²) in [7, 11) is 0. The molecule has 0 aromatic heterocycles. The van der Waals surface area contributed by atoms with Gasteiger partial charge in [-0.2, -0.15) is 0 Å². The minimum absolute atomic E-state index is 0.445. The Hall–Kier alpha value is -0.120. The van der Waals surface area contributed by atoms with Crippen LogP contribution in [0.2, 0.25) is 0 Å². The van der Waals surface area contributed by atoms with E-state index in [1.165, 1.54) is 38.6 Å². The number of nitrogens with one attached hydrogen (secondary N) is 1. The predicted octanol–water partition coefficient (Wildman–Crippen LogP) is 2.35. The van der Waals surface area contributed by atoms with Gasteiger partial charge in [0.15, 0.2) is 0 Å². The Morgan fingerprint density at radius 1 is 1.00 bits per heavy atom. The van der Waals surface area contributed by atoms with Crippen LogP contribution in [-0.4, -0.2) is 39.0 Å². The van der Waals surface area contributed by atoms with Gasteiger partial charge in [-0.1, -0.05) is 19.3 Å². The molecular weight excluding hydrogens is 214 g/mol. The van der Waals surface area contributed by atoms with E-state index in [0.717, 1.165) is 45.1 Å². The van der Waals surface area contributed by atoms with Crippen LogP contribution < -0.4 is 5.32 Å². The van der Waals surface area contributed by atoms with Crippen LogP contribution in [0.25, 0.3) is 0 Å². The molecular formula is C14H27NO2. The Morgan fingerprint density at radius 2 is 1.76 bits per heavy atom. The first-order valence-corrected chi connectivity index (χ1v) is 7.35. The monoisotopic (exact) mass is 241 g/mol. The predicted molar refractivity (Wildman–Crippen MR) is 69.2 cm³/mol. The Morgan fingerprint density at radius 3 is 2.53 bits per heavy atom. The zero-order chi connectivity index (χ0) is 11.8. The van der Waals surface area contributed by atoms with Crippen LogP contribution in [0.1, 0.15) is 44.9 Å². The first-order valence-electron chi connectivity index (χ1n) is 7.35. The van der Waals surface area contributed by atoms with Crippen molar-refractivity contribution in [3.05, 3.63) is 0 Å². The second-order valence-corrected chi connectivity index (χ2v) is 5.39. The second-order valence-electron chi connectivity index (χ2n) is 5.39. The van der Waals surface area contributed by atoms with Gasteiger partial charge in [0.2, 0.25) is 0 Å². The molecule has 0 unspecified atom stereocenters. The Labute approximate surface area is 105 Å². The summed E-state index contributed by atoms with van der Waals surface area (Å²) in [4.78, 5) is 0. The molecule has 0 aromatic rings. The smallest absolute Gasteiger partial charge is 0.0619 e. The van der Waals surface area contributed by atoms with E-state index >= 15 is 0 Å². The first kappa shape index (κ1) is 13.3. The number of hydrogen-bond donors (Lipinski definition) is 1. The van der Waals surface area contributed by atoms with Crippen molar-refractivity contribution in [2.24, 2.45) is 5.92 Å². The summed E-state index contributed by atoms with van der Waals surface area (Å²) in [6.07, 6.45) is 9.76. The molecule has 1 saturated heterocycles. The quantitative estimate of drug-likeness (QED) is 0.724. The summed E-state index contributed by atoms with van der Waals surface area (Å²) in [5.41, 5.74) is 0. The van der Waals surface area contributed by atoms with Crippen LogP contribution in [0.3, 0.4) is 0 Å². The molecule has 100 valence electrons. The first-order chi connectivity index (χ1) is 8.45. The third-order valence-corrected chi connectivity index (χ3v) is 3.96. The topological polar surface area (TPSA) is 30.5 Å². The standard InChI is InChI=1S/C14H27NO2/c1-2-4-13(5-3-1)12-15-8-11-17-14-6-9-16-10-7-14/h13-15H,1-12H2. The SMILES string of the molecule is C1CCC(CNCCOC2CCOCC2)CC1. The molecule has 3 nitrogen and oxygen atoms in total. The lowest BCUT2D eigenvalue weighted by molar-refractivity contribution is -0.0306. The second kappa shape index (κ2) is 8.06. The minimum atomic E-state index is 0.445. The van der Waals surface area contributed by atoms with E-state index in [4.69, 9.17) is 9.47 Å². The van der Waals surface area contributed by atoms with Crippen molar-refractivity contribution in [3.8, 4) is 0 Å². The average Bonchev–Trinajstić information content (AvgIpc) is 2.41. The summed E-state index contributed by atoms with van der Waals surface area (Å²) < 4.78 is 11.1. The molecule has 3 heteroatoms. The number of rotatable bonds is 6. The lowest BCUT2D eigenvalue weighted by atomic mass is 9.89. The van der Waals surface area contributed by atoms with Crippen molar-refractivity contribution in [1.82, 2.24) is 5.32 Å². The molecule has 1 N–H and O–H groups in total. The Kier molecular flexibility index (Phi) is 6.32. The van der Waals surface area contributed by atoms with E-state index in [1.54, 1.807) is 0 Å². The highest BCUT2D eigenvalue weighted by atomic mass is 16.5. The highest BCUT2D eigenvalue weighted by Crippen LogP contribution is 2.22. The van der Waals surface area contributed by atoms with Crippen molar-refractivity contribution in [1.29, 1.82) is 0 Å². The maximum atomic E-state index is 5.83. The van der Waals surface area contributed by atoms with E-state index in [-0.39, 0.29) is 0 Å². The highest BCUT2D eigenvalue weighted by molar-refractivity contribution is 4.68. The third-order valence-electron chi connectivity index (χ3n) is 3.96. The molecule has 0 spiro atoms. The van der Waals surface area contributed by atoms with Crippen molar-refractivity contribution in [3.63, 3.8) is 0 Å². The van der Waals surface area contributed by atoms with Gasteiger partial charge in [-0.15, -0.1) is 0 Å². The third kappa shape index (κ3) is 5.36. The van der Waals surface area contributed by atoms with Crippen LogP contribution in [0.4, 0.5) is 0 Å². The summed E-state index contributed by atoms with van der Waals surface area (Å²) in [5.74, 6) is 0.923. The van der Waals surface area contributed by atoms with Gasteiger partial charge >= 0.3 is 0 Å². The lowest BCUT2D eigenvalue weighted by Crippen LogP contribution is -2.30. The van der Waals surface area contributed by atoms with Gasteiger partial charge in [-0.05, 0) is 38.1 Å². The molecule has 0 aromatic carbocycles. The molecule has 1 saturated carbocycles. The van der Waals surface area contributed by atoms with E-state index in [1.807, 2.05) is 0 Å². The minimum Gasteiger partial charge on any atom is -0.381 e. The number of hydrogen-bond acceptors (Lipinski definition) is 3. The summed E-state index contributed by atoms with van der Waals surface area (Å²) >= 11 is 0. The van der Waals surface area contributed by atoms with Crippen LogP contribution in [-0.2, 0) is 9.47 Å². The number of ether oxygens (including phenoxy) is 2. The molecule has 0 bridgehead atoms. The summed E-state index contributed by atoms with van der Waals surface area (Å²) in [5, 5.41) is 3.54. The van der Waals surface area contributed by atoms with E-state index in [0.29, 0.717) is 6.10 Å². The van der Waals surface area contributed by atoms with Crippen molar-refractivity contribution < 1.29 is 9.47 Å². The molecule has 17 heavy (non-hydrogen) atoms. The fourth-order valence-corrected chi connectivity index (χ4v) is 2.84. The molecule has 1 aliphatic heterocycles. The zero-order valence-electron chi connectivity index (χ0n) is 11.0. The maximum absolute atomic E-state index is 5.83. The van der Waals surface area contributed by atoms with Crippen molar-refractivity contribution in [2.45, 2.75) is 51.0 Å². The molecule has 1 aliphatic carbocycles. The molecule has 2 aliphatic rings. The molecule has 2 fully saturated rings. The maximum Gasteiger partial charge on any atom is 0.0619 e.